The third-order valence-electron chi connectivity index (χ3n) is 2.81. The van der Waals surface area contributed by atoms with Crippen LogP contribution in [-0.2, 0) is 0 Å². The van der Waals surface area contributed by atoms with Crippen molar-refractivity contribution in [2.45, 2.75) is 0 Å². The van der Waals surface area contributed by atoms with E-state index in [-0.39, 0.29) is 0 Å². The molecule has 4 nitrogen and oxygen atoms in total. The fourth-order valence-corrected chi connectivity index (χ4v) is 2.43. The molecule has 20 heavy (non-hydrogen) atoms. The zero-order valence-corrected chi connectivity index (χ0v) is 14.0. The number of aromatic nitrogens is 3. The molecule has 0 aliphatic heterocycles. The topological polar surface area (TPSA) is 56.7 Å². The zero-order chi connectivity index (χ0) is 14.1. The number of nitrogen functional groups attached to an aromatic ring is 1. The Bertz CT molecular complexity index is 735. The molecule has 0 amide bonds. The van der Waals surface area contributed by atoms with Crippen LogP contribution in [0.1, 0.15) is 0 Å². The highest BCUT2D eigenvalue weighted by molar-refractivity contribution is 14.1. The minimum atomic E-state index is 0.635. The lowest BCUT2D eigenvalue weighted by Crippen LogP contribution is -1.97. The van der Waals surface area contributed by atoms with Crippen LogP contribution in [0.4, 0.5) is 5.69 Å². The summed E-state index contributed by atoms with van der Waals surface area (Å²) in [4.78, 5) is 4.31. The fraction of sp³-hybridized carbons (Fsp3) is 0. The molecule has 0 aliphatic rings. The maximum absolute atomic E-state index is 6.06. The van der Waals surface area contributed by atoms with Crippen LogP contribution < -0.4 is 5.73 Å². The van der Waals surface area contributed by atoms with Crippen molar-refractivity contribution < 1.29 is 0 Å². The molecular formula is C14H10BrIN4. The van der Waals surface area contributed by atoms with Crippen LogP contribution in [0.3, 0.4) is 0 Å². The normalized spacial score (nSPS) is 10.7. The van der Waals surface area contributed by atoms with Gasteiger partial charge in [0.25, 0.3) is 0 Å². The highest BCUT2D eigenvalue weighted by Gasteiger charge is 2.10. The number of nitrogens with zero attached hydrogens (tertiary/aromatic N) is 3. The minimum Gasteiger partial charge on any atom is -0.396 e. The van der Waals surface area contributed by atoms with E-state index in [0.29, 0.717) is 5.69 Å². The average Bonchev–Trinajstić information content (AvgIpc) is 2.82. The SMILES string of the molecule is Nc1cn(-c2ccc(Br)cn2)nc1-c1ccc(I)cc1. The van der Waals surface area contributed by atoms with E-state index in [0.717, 1.165) is 21.5 Å². The number of benzene rings is 1. The van der Waals surface area contributed by atoms with Gasteiger partial charge in [-0.2, -0.15) is 5.10 Å². The third-order valence-corrected chi connectivity index (χ3v) is 3.99. The molecule has 1 aromatic carbocycles. The van der Waals surface area contributed by atoms with Gasteiger partial charge in [-0.15, -0.1) is 0 Å². The Morgan fingerprint density at radius 2 is 1.85 bits per heavy atom. The van der Waals surface area contributed by atoms with Gasteiger partial charge in [-0.25, -0.2) is 9.67 Å². The summed E-state index contributed by atoms with van der Waals surface area (Å²) in [5.74, 6) is 0.733. The molecule has 2 aromatic heterocycles. The summed E-state index contributed by atoms with van der Waals surface area (Å²) in [5.41, 5.74) is 8.46. The maximum Gasteiger partial charge on any atom is 0.153 e. The first kappa shape index (κ1) is 13.6. The van der Waals surface area contributed by atoms with Crippen LogP contribution in [-0.4, -0.2) is 14.8 Å². The van der Waals surface area contributed by atoms with E-state index in [1.807, 2.05) is 36.4 Å². The molecule has 3 aromatic rings. The second kappa shape index (κ2) is 5.53. The van der Waals surface area contributed by atoms with Crippen LogP contribution >= 0.6 is 38.5 Å². The summed E-state index contributed by atoms with van der Waals surface area (Å²) in [6.45, 7) is 0. The molecule has 0 atom stereocenters. The third kappa shape index (κ3) is 2.71. The summed E-state index contributed by atoms with van der Waals surface area (Å²) in [6, 6.07) is 11.9. The lowest BCUT2D eigenvalue weighted by Gasteiger charge is -2.00. The van der Waals surface area contributed by atoms with Crippen LogP contribution in [0.15, 0.2) is 53.3 Å². The Labute approximate surface area is 138 Å². The molecule has 6 heteroatoms. The highest BCUT2D eigenvalue weighted by Crippen LogP contribution is 2.25. The number of hydrogen-bond donors (Lipinski definition) is 1. The Hall–Kier alpha value is -1.41. The van der Waals surface area contributed by atoms with Crippen molar-refractivity contribution in [1.82, 2.24) is 14.8 Å². The first-order chi connectivity index (χ1) is 9.63. The second-order valence-electron chi connectivity index (χ2n) is 4.22. The van der Waals surface area contributed by atoms with Crippen molar-refractivity contribution >= 4 is 44.2 Å². The van der Waals surface area contributed by atoms with Crippen LogP contribution in [0, 0.1) is 3.57 Å². The quantitative estimate of drug-likeness (QED) is 0.615. The van der Waals surface area contributed by atoms with Gasteiger partial charge in [0.2, 0.25) is 0 Å². The van der Waals surface area contributed by atoms with E-state index in [9.17, 15) is 0 Å². The number of nitrogens with two attached hydrogens (primary N) is 1. The fourth-order valence-electron chi connectivity index (χ4n) is 1.84. The molecule has 0 bridgehead atoms. The van der Waals surface area contributed by atoms with Gasteiger partial charge in [0.15, 0.2) is 5.82 Å². The lowest BCUT2D eigenvalue weighted by atomic mass is 10.1. The molecule has 0 aliphatic carbocycles. The number of halogens is 2. The van der Waals surface area contributed by atoms with Gasteiger partial charge in [0.1, 0.15) is 5.69 Å². The molecule has 3 rings (SSSR count). The lowest BCUT2D eigenvalue weighted by molar-refractivity contribution is 0.849. The van der Waals surface area contributed by atoms with E-state index < -0.39 is 0 Å². The Kier molecular flexibility index (Phi) is 3.75. The molecule has 0 fully saturated rings. The van der Waals surface area contributed by atoms with Gasteiger partial charge in [0, 0.05) is 19.8 Å². The summed E-state index contributed by atoms with van der Waals surface area (Å²) >= 11 is 5.63. The van der Waals surface area contributed by atoms with Gasteiger partial charge < -0.3 is 5.73 Å². The average molecular weight is 441 g/mol. The van der Waals surface area contributed by atoms with Crippen molar-refractivity contribution in [2.75, 3.05) is 5.73 Å². The highest BCUT2D eigenvalue weighted by atomic mass is 127. The van der Waals surface area contributed by atoms with Crippen LogP contribution in [0.5, 0.6) is 0 Å². The van der Waals surface area contributed by atoms with Crippen molar-refractivity contribution in [3.8, 4) is 17.1 Å². The van der Waals surface area contributed by atoms with Crippen molar-refractivity contribution in [1.29, 1.82) is 0 Å². The maximum atomic E-state index is 6.06. The van der Waals surface area contributed by atoms with E-state index in [1.165, 1.54) is 3.57 Å². The molecule has 0 saturated carbocycles. The van der Waals surface area contributed by atoms with Gasteiger partial charge in [-0.1, -0.05) is 12.1 Å². The van der Waals surface area contributed by atoms with Crippen molar-refractivity contribution in [2.24, 2.45) is 0 Å². The van der Waals surface area contributed by atoms with Gasteiger partial charge in [0.05, 0.1) is 11.9 Å². The summed E-state index contributed by atoms with van der Waals surface area (Å²) in [7, 11) is 0. The Balaban J connectivity index is 2.02. The summed E-state index contributed by atoms with van der Waals surface area (Å²) in [6.07, 6.45) is 3.52. The van der Waals surface area contributed by atoms with Gasteiger partial charge >= 0.3 is 0 Å². The van der Waals surface area contributed by atoms with E-state index in [2.05, 4.69) is 48.6 Å². The van der Waals surface area contributed by atoms with Crippen molar-refractivity contribution in [3.05, 3.63) is 56.8 Å². The predicted octanol–water partition coefficient (Wildman–Crippen LogP) is 3.88. The number of hydrogen-bond acceptors (Lipinski definition) is 3. The molecule has 0 saturated heterocycles. The summed E-state index contributed by atoms with van der Waals surface area (Å²) < 4.78 is 3.80. The molecule has 2 N–H and O–H groups in total. The van der Waals surface area contributed by atoms with Crippen molar-refractivity contribution in [3.63, 3.8) is 0 Å². The van der Waals surface area contributed by atoms with Gasteiger partial charge in [-0.05, 0) is 62.8 Å². The smallest absolute Gasteiger partial charge is 0.153 e. The van der Waals surface area contributed by atoms with Crippen LogP contribution in [0.2, 0.25) is 0 Å². The molecule has 0 unspecified atom stereocenters. The number of pyridine rings is 1. The first-order valence-corrected chi connectivity index (χ1v) is 7.74. The standard InChI is InChI=1S/C14H10BrIN4/c15-10-3-6-13(18-7-10)20-8-12(17)14(19-20)9-1-4-11(16)5-2-9/h1-8H,17H2. The van der Waals surface area contributed by atoms with Crippen LogP contribution in [0.25, 0.3) is 17.1 Å². The molecule has 2 heterocycles. The minimum absolute atomic E-state index is 0.635. The largest absolute Gasteiger partial charge is 0.396 e. The molecule has 100 valence electrons. The van der Waals surface area contributed by atoms with E-state index in [1.54, 1.807) is 17.1 Å². The van der Waals surface area contributed by atoms with Gasteiger partial charge in [-0.3, -0.25) is 0 Å². The Morgan fingerprint density at radius 1 is 1.10 bits per heavy atom. The Morgan fingerprint density at radius 3 is 2.50 bits per heavy atom. The first-order valence-electron chi connectivity index (χ1n) is 5.86. The monoisotopic (exact) mass is 440 g/mol. The second-order valence-corrected chi connectivity index (χ2v) is 6.38. The zero-order valence-electron chi connectivity index (χ0n) is 10.3. The molecule has 0 spiro atoms. The number of rotatable bonds is 2. The predicted molar refractivity (Wildman–Crippen MR) is 91.6 cm³/mol. The summed E-state index contributed by atoms with van der Waals surface area (Å²) in [5, 5.41) is 4.52. The van der Waals surface area contributed by atoms with E-state index >= 15 is 0 Å². The molecular weight excluding hydrogens is 431 g/mol. The number of anilines is 1. The van der Waals surface area contributed by atoms with E-state index in [4.69, 9.17) is 5.73 Å². The molecule has 0 radical (unpaired) electrons.